The number of fused-ring (bicyclic) bond motifs is 1. The van der Waals surface area contributed by atoms with Gasteiger partial charge >= 0.3 is 0 Å². The van der Waals surface area contributed by atoms with Gasteiger partial charge in [0, 0.05) is 19.3 Å². The van der Waals surface area contributed by atoms with E-state index in [9.17, 15) is 4.79 Å². The lowest BCUT2D eigenvalue weighted by Crippen LogP contribution is -2.11. The van der Waals surface area contributed by atoms with Gasteiger partial charge in [-0.2, -0.15) is 0 Å². The van der Waals surface area contributed by atoms with Gasteiger partial charge in [-0.15, -0.1) is 0 Å². The van der Waals surface area contributed by atoms with Crippen LogP contribution in [-0.4, -0.2) is 10.9 Å². The van der Waals surface area contributed by atoms with E-state index in [4.69, 9.17) is 9.15 Å². The molecule has 168 valence electrons. The number of carbonyl (C=O) groups is 1. The molecule has 0 bridgehead atoms. The monoisotopic (exact) mass is 624 g/mol. The van der Waals surface area contributed by atoms with Crippen LogP contribution in [0.5, 0.6) is 5.75 Å². The number of amides is 1. The van der Waals surface area contributed by atoms with E-state index in [1.807, 2.05) is 54.6 Å². The van der Waals surface area contributed by atoms with E-state index in [2.05, 4.69) is 48.8 Å². The number of benzene rings is 4. The van der Waals surface area contributed by atoms with Gasteiger partial charge in [0.2, 0.25) is 5.89 Å². The third-order valence-corrected chi connectivity index (χ3v) is 6.53. The molecule has 4 aromatic carbocycles. The van der Waals surface area contributed by atoms with E-state index in [1.165, 1.54) is 0 Å². The second-order valence-electron chi connectivity index (χ2n) is 7.58. The van der Waals surface area contributed by atoms with Crippen molar-refractivity contribution in [3.8, 4) is 17.2 Å². The average Bonchev–Trinajstić information content (AvgIpc) is 3.28. The highest BCUT2D eigenvalue weighted by molar-refractivity contribution is 14.1. The minimum atomic E-state index is -0.210. The number of oxazole rings is 1. The Morgan fingerprint density at radius 2 is 1.76 bits per heavy atom. The van der Waals surface area contributed by atoms with Crippen LogP contribution in [0.4, 0.5) is 5.69 Å². The second-order valence-corrected chi connectivity index (χ2v) is 9.68. The van der Waals surface area contributed by atoms with Gasteiger partial charge in [-0.1, -0.05) is 30.3 Å². The summed E-state index contributed by atoms with van der Waals surface area (Å²) in [6.45, 7) is 0.477. The molecule has 0 saturated carbocycles. The van der Waals surface area contributed by atoms with Crippen molar-refractivity contribution in [1.29, 1.82) is 0 Å². The Kier molecular flexibility index (Phi) is 6.64. The van der Waals surface area contributed by atoms with Crippen LogP contribution in [0.3, 0.4) is 0 Å². The molecule has 0 saturated heterocycles. The second kappa shape index (κ2) is 9.99. The van der Waals surface area contributed by atoms with Crippen LogP contribution >= 0.6 is 38.5 Å². The predicted molar refractivity (Wildman–Crippen MR) is 145 cm³/mol. The van der Waals surface area contributed by atoms with E-state index in [0.29, 0.717) is 40.6 Å². The fourth-order valence-corrected chi connectivity index (χ4v) is 4.34. The molecular formula is C27H18BrIN2O3. The van der Waals surface area contributed by atoms with Crippen molar-refractivity contribution in [2.24, 2.45) is 0 Å². The van der Waals surface area contributed by atoms with Gasteiger partial charge in [0.05, 0.1) is 5.56 Å². The quantitative estimate of drug-likeness (QED) is 0.197. The molecule has 0 fully saturated rings. The Morgan fingerprint density at radius 1 is 0.971 bits per heavy atom. The first-order valence-electron chi connectivity index (χ1n) is 10.5. The third-order valence-electron chi connectivity index (χ3n) is 5.17. The lowest BCUT2D eigenvalue weighted by atomic mass is 10.2. The number of carbonyl (C=O) groups excluding carboxylic acids is 1. The van der Waals surface area contributed by atoms with Gasteiger partial charge in [0.1, 0.15) is 17.9 Å². The summed E-state index contributed by atoms with van der Waals surface area (Å²) in [4.78, 5) is 17.4. The Labute approximate surface area is 218 Å². The summed E-state index contributed by atoms with van der Waals surface area (Å²) in [5.41, 5.74) is 4.47. The largest absolute Gasteiger partial charge is 0.489 e. The third kappa shape index (κ3) is 5.15. The van der Waals surface area contributed by atoms with Gasteiger partial charge in [-0.3, -0.25) is 4.79 Å². The highest BCUT2D eigenvalue weighted by atomic mass is 127. The zero-order chi connectivity index (χ0) is 23.5. The SMILES string of the molecule is O=C(Nc1ccc2oc(-c3cc(I)ccc3Br)nc2c1)c1ccc(OCc2ccccc2)cc1. The molecule has 0 aliphatic heterocycles. The summed E-state index contributed by atoms with van der Waals surface area (Å²) in [6.07, 6.45) is 0. The maximum Gasteiger partial charge on any atom is 0.255 e. The number of aromatic nitrogens is 1. The summed E-state index contributed by atoms with van der Waals surface area (Å²) >= 11 is 5.81. The number of ether oxygens (including phenoxy) is 1. The first-order valence-corrected chi connectivity index (χ1v) is 12.4. The Hall–Kier alpha value is -3.17. The number of hydrogen-bond acceptors (Lipinski definition) is 4. The zero-order valence-corrected chi connectivity index (χ0v) is 21.5. The lowest BCUT2D eigenvalue weighted by Gasteiger charge is -2.08. The van der Waals surface area contributed by atoms with Crippen molar-refractivity contribution in [3.05, 3.63) is 110 Å². The topological polar surface area (TPSA) is 64.4 Å². The first kappa shape index (κ1) is 22.6. The molecule has 1 N–H and O–H groups in total. The molecule has 0 unspecified atom stereocenters. The van der Waals surface area contributed by atoms with Crippen molar-refractivity contribution >= 4 is 61.2 Å². The first-order chi connectivity index (χ1) is 16.5. The van der Waals surface area contributed by atoms with E-state index >= 15 is 0 Å². The number of rotatable bonds is 6. The van der Waals surface area contributed by atoms with Gasteiger partial charge in [0.15, 0.2) is 5.58 Å². The number of hydrogen-bond donors (Lipinski definition) is 1. The molecule has 1 heterocycles. The summed E-state index contributed by atoms with van der Waals surface area (Å²) in [7, 11) is 0. The maximum atomic E-state index is 12.7. The summed E-state index contributed by atoms with van der Waals surface area (Å²) in [6, 6.07) is 28.4. The summed E-state index contributed by atoms with van der Waals surface area (Å²) in [5, 5.41) is 2.93. The van der Waals surface area contributed by atoms with Gasteiger partial charge in [0.25, 0.3) is 5.91 Å². The van der Waals surface area contributed by atoms with Crippen molar-refractivity contribution in [3.63, 3.8) is 0 Å². The molecule has 0 aliphatic rings. The van der Waals surface area contributed by atoms with Crippen LogP contribution in [0.2, 0.25) is 0 Å². The highest BCUT2D eigenvalue weighted by Gasteiger charge is 2.13. The van der Waals surface area contributed by atoms with Crippen LogP contribution in [0.15, 0.2) is 99.9 Å². The zero-order valence-electron chi connectivity index (χ0n) is 17.8. The summed E-state index contributed by atoms with van der Waals surface area (Å²) < 4.78 is 13.7. The number of nitrogens with zero attached hydrogens (tertiary/aromatic N) is 1. The molecule has 5 rings (SSSR count). The molecule has 0 spiro atoms. The van der Waals surface area contributed by atoms with Gasteiger partial charge < -0.3 is 14.5 Å². The molecular weight excluding hydrogens is 607 g/mol. The normalized spacial score (nSPS) is 10.9. The average molecular weight is 625 g/mol. The lowest BCUT2D eigenvalue weighted by molar-refractivity contribution is 0.102. The Balaban J connectivity index is 1.28. The molecule has 0 atom stereocenters. The highest BCUT2D eigenvalue weighted by Crippen LogP contribution is 2.32. The van der Waals surface area contributed by atoms with E-state index in [0.717, 1.165) is 19.2 Å². The van der Waals surface area contributed by atoms with Crippen LogP contribution in [0.1, 0.15) is 15.9 Å². The molecule has 34 heavy (non-hydrogen) atoms. The molecule has 1 amide bonds. The van der Waals surface area contributed by atoms with Crippen molar-refractivity contribution < 1.29 is 13.9 Å². The number of nitrogens with one attached hydrogen (secondary N) is 1. The van der Waals surface area contributed by atoms with Crippen LogP contribution < -0.4 is 10.1 Å². The Bertz CT molecular complexity index is 1470. The molecule has 5 nitrogen and oxygen atoms in total. The standard InChI is InChI=1S/C27H18BrIN2O3/c28-23-12-8-19(29)14-22(23)27-31-24-15-20(9-13-25(24)34-27)30-26(32)18-6-10-21(11-7-18)33-16-17-4-2-1-3-5-17/h1-15H,16H2,(H,30,32). The van der Waals surface area contributed by atoms with E-state index in [-0.39, 0.29) is 5.91 Å². The van der Waals surface area contributed by atoms with Crippen molar-refractivity contribution in [2.75, 3.05) is 5.32 Å². The van der Waals surface area contributed by atoms with Crippen molar-refractivity contribution in [1.82, 2.24) is 4.98 Å². The molecule has 1 aromatic heterocycles. The van der Waals surface area contributed by atoms with Gasteiger partial charge in [-0.05, 0) is 105 Å². The molecule has 5 aromatic rings. The van der Waals surface area contributed by atoms with Crippen LogP contribution in [-0.2, 0) is 6.61 Å². The molecule has 7 heteroatoms. The summed E-state index contributed by atoms with van der Waals surface area (Å²) in [5.74, 6) is 1.02. The smallest absolute Gasteiger partial charge is 0.255 e. The number of halogens is 2. The molecule has 0 radical (unpaired) electrons. The van der Waals surface area contributed by atoms with E-state index in [1.54, 1.807) is 36.4 Å². The fraction of sp³-hybridized carbons (Fsp3) is 0.0370. The minimum Gasteiger partial charge on any atom is -0.489 e. The molecule has 0 aliphatic carbocycles. The van der Waals surface area contributed by atoms with Crippen LogP contribution in [0, 0.1) is 3.57 Å². The Morgan fingerprint density at radius 3 is 2.56 bits per heavy atom. The predicted octanol–water partition coefficient (Wildman–Crippen LogP) is 7.69. The number of anilines is 1. The van der Waals surface area contributed by atoms with Crippen molar-refractivity contribution in [2.45, 2.75) is 6.61 Å². The fourth-order valence-electron chi connectivity index (χ4n) is 3.43. The van der Waals surface area contributed by atoms with Gasteiger partial charge in [-0.25, -0.2) is 4.98 Å². The maximum absolute atomic E-state index is 12.7. The minimum absolute atomic E-state index is 0.210. The van der Waals surface area contributed by atoms with Crippen LogP contribution in [0.25, 0.3) is 22.6 Å². The van der Waals surface area contributed by atoms with E-state index < -0.39 is 0 Å².